The second kappa shape index (κ2) is 4.81. The van der Waals surface area contributed by atoms with Crippen molar-refractivity contribution in [1.82, 2.24) is 0 Å². The first kappa shape index (κ1) is 9.11. The molecule has 0 unspecified atom stereocenters. The number of methoxy groups -OCH3 is 1. The summed E-state index contributed by atoms with van der Waals surface area (Å²) in [5.41, 5.74) is 1.35. The Labute approximate surface area is 74.4 Å². The molecule has 1 rings (SSSR count). The highest BCUT2D eigenvalue weighted by molar-refractivity contribution is 5.27. The lowest BCUT2D eigenvalue weighted by atomic mass is 10.1. The van der Waals surface area contributed by atoms with Gasteiger partial charge >= 0.3 is 0 Å². The van der Waals surface area contributed by atoms with Gasteiger partial charge in [-0.3, -0.25) is 0 Å². The van der Waals surface area contributed by atoms with Crippen LogP contribution < -0.4 is 4.74 Å². The molecule has 0 aliphatic rings. The normalized spacial score (nSPS) is 9.83. The van der Waals surface area contributed by atoms with Crippen molar-refractivity contribution < 1.29 is 4.74 Å². The van der Waals surface area contributed by atoms with E-state index in [0.29, 0.717) is 0 Å². The van der Waals surface area contributed by atoms with Gasteiger partial charge in [-0.25, -0.2) is 0 Å². The zero-order chi connectivity index (χ0) is 8.81. The lowest BCUT2D eigenvalue weighted by Crippen LogP contribution is -1.86. The fraction of sp³-hybridized carbons (Fsp3) is 0.364. The summed E-state index contributed by atoms with van der Waals surface area (Å²) in [6.07, 6.45) is 4.45. The van der Waals surface area contributed by atoms with Crippen LogP contribution in [0, 0.1) is 6.42 Å². The third-order valence-electron chi connectivity index (χ3n) is 1.83. The lowest BCUT2D eigenvalue weighted by molar-refractivity contribution is 0.414. The monoisotopic (exact) mass is 163 g/mol. The third kappa shape index (κ3) is 2.57. The number of hydrogen-bond donors (Lipinski definition) is 0. The second-order valence-electron chi connectivity index (χ2n) is 2.75. The number of ether oxygens (including phenoxy) is 1. The maximum Gasteiger partial charge on any atom is 0.118 e. The highest BCUT2D eigenvalue weighted by atomic mass is 16.5. The van der Waals surface area contributed by atoms with E-state index < -0.39 is 0 Å². The van der Waals surface area contributed by atoms with Crippen molar-refractivity contribution in [3.8, 4) is 5.75 Å². The molecule has 1 nitrogen and oxygen atoms in total. The number of unbranched alkanes of at least 4 members (excludes halogenated alkanes) is 1. The van der Waals surface area contributed by atoms with E-state index in [1.807, 2.05) is 12.1 Å². The van der Waals surface area contributed by atoms with E-state index in [-0.39, 0.29) is 0 Å². The van der Waals surface area contributed by atoms with Gasteiger partial charge in [-0.1, -0.05) is 25.5 Å². The molecule has 0 aromatic heterocycles. The second-order valence-corrected chi connectivity index (χ2v) is 2.75. The fourth-order valence-corrected chi connectivity index (χ4v) is 1.07. The lowest BCUT2D eigenvalue weighted by Gasteiger charge is -2.01. The van der Waals surface area contributed by atoms with Gasteiger partial charge < -0.3 is 4.74 Å². The molecule has 0 saturated heterocycles. The highest BCUT2D eigenvalue weighted by Gasteiger charge is 1.92. The molecule has 1 aromatic rings. The molecule has 1 heteroatoms. The van der Waals surface area contributed by atoms with E-state index in [1.54, 1.807) is 7.11 Å². The predicted octanol–water partition coefficient (Wildman–Crippen LogP) is 2.85. The summed E-state index contributed by atoms with van der Waals surface area (Å²) in [5, 5.41) is 0. The molecule has 0 amide bonds. The Morgan fingerprint density at radius 1 is 1.25 bits per heavy atom. The maximum absolute atomic E-state index is 5.06. The van der Waals surface area contributed by atoms with Gasteiger partial charge in [0.25, 0.3) is 0 Å². The molecule has 0 aliphatic heterocycles. The Balaban J connectivity index is 2.53. The van der Waals surface area contributed by atoms with Crippen molar-refractivity contribution in [3.05, 3.63) is 36.2 Å². The van der Waals surface area contributed by atoms with E-state index in [9.17, 15) is 0 Å². The Morgan fingerprint density at radius 2 is 1.92 bits per heavy atom. The molecule has 0 atom stereocenters. The summed E-state index contributed by atoms with van der Waals surface area (Å²) >= 11 is 0. The minimum Gasteiger partial charge on any atom is -0.497 e. The number of rotatable bonds is 4. The molecule has 0 fully saturated rings. The molecular weight excluding hydrogens is 148 g/mol. The van der Waals surface area contributed by atoms with E-state index in [1.165, 1.54) is 5.56 Å². The Kier molecular flexibility index (Phi) is 3.65. The van der Waals surface area contributed by atoms with Crippen molar-refractivity contribution >= 4 is 0 Å². The summed E-state index contributed by atoms with van der Waals surface area (Å²) in [7, 11) is 1.69. The first-order valence-electron chi connectivity index (χ1n) is 4.31. The van der Waals surface area contributed by atoms with Crippen LogP contribution in [0.5, 0.6) is 5.75 Å². The molecule has 0 heterocycles. The number of benzene rings is 1. The van der Waals surface area contributed by atoms with Crippen LogP contribution in [0.2, 0.25) is 0 Å². The standard InChI is InChI=1S/C11H15O/c1-3-4-5-10-6-8-11(12-2)9-7-10/h4,6-9H,3,5H2,1-2H3. The predicted molar refractivity (Wildman–Crippen MR) is 51.3 cm³/mol. The first-order valence-corrected chi connectivity index (χ1v) is 4.31. The maximum atomic E-state index is 5.06. The van der Waals surface area contributed by atoms with Gasteiger partial charge in [0.1, 0.15) is 5.75 Å². The average molecular weight is 163 g/mol. The van der Waals surface area contributed by atoms with E-state index >= 15 is 0 Å². The minimum absolute atomic E-state index is 0.926. The van der Waals surface area contributed by atoms with Crippen molar-refractivity contribution in [2.45, 2.75) is 19.8 Å². The SMILES string of the molecule is CC[CH]Cc1ccc(OC)cc1. The molecule has 12 heavy (non-hydrogen) atoms. The van der Waals surface area contributed by atoms with Crippen LogP contribution in [0.15, 0.2) is 24.3 Å². The number of hydrogen-bond acceptors (Lipinski definition) is 1. The minimum atomic E-state index is 0.926. The molecule has 1 radical (unpaired) electrons. The Bertz CT molecular complexity index is 213. The van der Waals surface area contributed by atoms with Gasteiger partial charge in [0, 0.05) is 0 Å². The fourth-order valence-electron chi connectivity index (χ4n) is 1.07. The highest BCUT2D eigenvalue weighted by Crippen LogP contribution is 2.12. The van der Waals surface area contributed by atoms with Crippen LogP contribution in [0.25, 0.3) is 0 Å². The quantitative estimate of drug-likeness (QED) is 0.663. The smallest absolute Gasteiger partial charge is 0.118 e. The van der Waals surface area contributed by atoms with E-state index in [2.05, 4.69) is 25.5 Å². The summed E-state index contributed by atoms with van der Waals surface area (Å²) in [4.78, 5) is 0. The van der Waals surface area contributed by atoms with E-state index in [4.69, 9.17) is 4.74 Å². The molecule has 65 valence electrons. The van der Waals surface area contributed by atoms with Gasteiger partial charge in [0.05, 0.1) is 7.11 Å². The van der Waals surface area contributed by atoms with Gasteiger partial charge in [-0.2, -0.15) is 0 Å². The average Bonchev–Trinajstić information content (AvgIpc) is 2.15. The van der Waals surface area contributed by atoms with Crippen LogP contribution in [-0.4, -0.2) is 7.11 Å². The van der Waals surface area contributed by atoms with Crippen molar-refractivity contribution in [2.24, 2.45) is 0 Å². The zero-order valence-electron chi connectivity index (χ0n) is 7.71. The van der Waals surface area contributed by atoms with Gasteiger partial charge in [0.2, 0.25) is 0 Å². The zero-order valence-corrected chi connectivity index (χ0v) is 7.71. The van der Waals surface area contributed by atoms with Gasteiger partial charge in [-0.15, -0.1) is 0 Å². The molecule has 1 aromatic carbocycles. The van der Waals surface area contributed by atoms with E-state index in [0.717, 1.165) is 18.6 Å². The summed E-state index contributed by atoms with van der Waals surface area (Å²) in [6, 6.07) is 8.20. The summed E-state index contributed by atoms with van der Waals surface area (Å²) < 4.78 is 5.06. The Morgan fingerprint density at radius 3 is 2.42 bits per heavy atom. The van der Waals surface area contributed by atoms with Crippen molar-refractivity contribution in [3.63, 3.8) is 0 Å². The van der Waals surface area contributed by atoms with Crippen LogP contribution in [-0.2, 0) is 6.42 Å². The molecular formula is C11H15O. The first-order chi connectivity index (χ1) is 5.86. The largest absolute Gasteiger partial charge is 0.497 e. The molecule has 0 N–H and O–H groups in total. The Hall–Kier alpha value is -0.980. The molecule has 0 saturated carbocycles. The topological polar surface area (TPSA) is 9.23 Å². The summed E-state index contributed by atoms with van der Waals surface area (Å²) in [6.45, 7) is 2.16. The molecule has 0 bridgehead atoms. The van der Waals surface area contributed by atoms with Crippen molar-refractivity contribution in [1.29, 1.82) is 0 Å². The van der Waals surface area contributed by atoms with Crippen LogP contribution in [0.1, 0.15) is 18.9 Å². The molecule has 0 aliphatic carbocycles. The van der Waals surface area contributed by atoms with Gasteiger partial charge in [-0.05, 0) is 30.5 Å². The van der Waals surface area contributed by atoms with Crippen LogP contribution >= 0.6 is 0 Å². The van der Waals surface area contributed by atoms with Gasteiger partial charge in [0.15, 0.2) is 0 Å². The van der Waals surface area contributed by atoms with Crippen LogP contribution in [0.4, 0.5) is 0 Å². The summed E-state index contributed by atoms with van der Waals surface area (Å²) in [5.74, 6) is 0.926. The molecule has 0 spiro atoms. The van der Waals surface area contributed by atoms with Crippen molar-refractivity contribution in [2.75, 3.05) is 7.11 Å². The third-order valence-corrected chi connectivity index (χ3v) is 1.83. The van der Waals surface area contributed by atoms with Crippen LogP contribution in [0.3, 0.4) is 0 Å².